The van der Waals surface area contributed by atoms with Crippen LogP contribution in [0, 0.1) is 12.7 Å². The molecule has 0 bridgehead atoms. The smallest absolute Gasteiger partial charge is 0.415 e. The summed E-state index contributed by atoms with van der Waals surface area (Å²) in [5.74, 6) is -0.216. The number of amides is 1. The second kappa shape index (κ2) is 10.6. The van der Waals surface area contributed by atoms with Crippen molar-refractivity contribution >= 4 is 17.9 Å². The number of para-hydroxylation sites is 1. The Morgan fingerprint density at radius 1 is 0.971 bits per heavy atom. The molecule has 0 unspecified atom stereocenters. The van der Waals surface area contributed by atoms with Gasteiger partial charge in [-0.15, -0.1) is 0 Å². The topological polar surface area (TPSA) is 66.9 Å². The Kier molecular flexibility index (Phi) is 7.39. The number of piperidine rings is 1. The van der Waals surface area contributed by atoms with Gasteiger partial charge in [0.05, 0.1) is 6.54 Å². The predicted octanol–water partition coefficient (Wildman–Crippen LogP) is 5.21. The molecule has 0 radical (unpaired) electrons. The normalized spacial score (nSPS) is 16.9. The molecule has 3 aromatic carbocycles. The molecule has 5 rings (SSSR count). The van der Waals surface area contributed by atoms with Gasteiger partial charge in [0.1, 0.15) is 11.4 Å². The number of carbonyl (C=O) groups excluding carboxylic acids is 3. The summed E-state index contributed by atoms with van der Waals surface area (Å²) in [4.78, 5) is 32.9. The molecule has 2 heterocycles. The second-order valence-corrected chi connectivity index (χ2v) is 8.99. The van der Waals surface area contributed by atoms with Crippen LogP contribution in [-0.4, -0.2) is 42.4 Å². The highest BCUT2D eigenvalue weighted by molar-refractivity contribution is 5.90. The van der Waals surface area contributed by atoms with E-state index in [1.165, 1.54) is 11.6 Å². The number of ether oxygens (including phenoxy) is 1. The summed E-state index contributed by atoms with van der Waals surface area (Å²) >= 11 is 0. The monoisotopic (exact) mass is 474 g/mol. The third-order valence-corrected chi connectivity index (χ3v) is 6.64. The van der Waals surface area contributed by atoms with Crippen molar-refractivity contribution in [2.24, 2.45) is 0 Å². The van der Waals surface area contributed by atoms with Crippen LogP contribution < -0.4 is 4.90 Å². The molecule has 0 saturated carbocycles. The maximum absolute atomic E-state index is 13.6. The average molecular weight is 475 g/mol. The van der Waals surface area contributed by atoms with Gasteiger partial charge >= 0.3 is 12.2 Å². The third-order valence-electron chi connectivity index (χ3n) is 6.64. The van der Waals surface area contributed by atoms with E-state index in [0.717, 1.165) is 54.9 Å². The highest BCUT2D eigenvalue weighted by Crippen LogP contribution is 2.36. The van der Waals surface area contributed by atoms with Gasteiger partial charge in [-0.3, -0.25) is 9.80 Å². The summed E-state index contributed by atoms with van der Waals surface area (Å²) < 4.78 is 19.5. The van der Waals surface area contributed by atoms with Crippen LogP contribution in [0.15, 0.2) is 72.8 Å². The summed E-state index contributed by atoms with van der Waals surface area (Å²) in [5.41, 5.74) is 4.86. The average Bonchev–Trinajstić information content (AvgIpc) is 3.17. The first-order valence-electron chi connectivity index (χ1n) is 11.6. The van der Waals surface area contributed by atoms with Crippen molar-refractivity contribution < 1.29 is 23.5 Å². The second-order valence-electron chi connectivity index (χ2n) is 8.99. The van der Waals surface area contributed by atoms with E-state index in [1.807, 2.05) is 36.4 Å². The summed E-state index contributed by atoms with van der Waals surface area (Å²) in [6.07, 6.45) is 1.68. The van der Waals surface area contributed by atoms with Crippen LogP contribution in [-0.2, 0) is 20.9 Å². The number of hydrogen-bond donors (Lipinski definition) is 0. The number of rotatable bonds is 4. The van der Waals surface area contributed by atoms with Crippen molar-refractivity contribution in [3.8, 4) is 11.1 Å². The fourth-order valence-electron chi connectivity index (χ4n) is 4.87. The molecule has 1 spiro atoms. The molecule has 6 nitrogen and oxygen atoms in total. The van der Waals surface area contributed by atoms with Gasteiger partial charge in [0.2, 0.25) is 0 Å². The standard InChI is InChI=1S/C27H27FN2O2.CO2/c1-20-16-21(10-11-25(20)22-6-5-7-23(28)17-22)18-29-14-12-27(13-15-29)19-30(26(31)32-27)24-8-3-2-4-9-24;2-1-3/h2-11,16-17H,12-15,18-19H2,1H3;. The molecule has 35 heavy (non-hydrogen) atoms. The first-order valence-corrected chi connectivity index (χ1v) is 11.6. The quantitative estimate of drug-likeness (QED) is 0.519. The van der Waals surface area contributed by atoms with Crippen molar-refractivity contribution in [2.45, 2.75) is 31.9 Å². The SMILES string of the molecule is Cc1cc(CN2CCC3(CC2)CN(c2ccccc2)C(=O)O3)ccc1-c1cccc(F)c1.O=C=O. The molecular formula is C28H27FN2O4. The van der Waals surface area contributed by atoms with Crippen LogP contribution in [0.1, 0.15) is 24.0 Å². The molecule has 3 aromatic rings. The molecule has 0 atom stereocenters. The Labute approximate surface area is 203 Å². The molecular weight excluding hydrogens is 447 g/mol. The third kappa shape index (κ3) is 5.65. The largest absolute Gasteiger partial charge is 0.441 e. The summed E-state index contributed by atoms with van der Waals surface area (Å²) in [6, 6.07) is 22.9. The van der Waals surface area contributed by atoms with Crippen LogP contribution >= 0.6 is 0 Å². The van der Waals surface area contributed by atoms with E-state index in [9.17, 15) is 9.18 Å². The van der Waals surface area contributed by atoms with E-state index in [4.69, 9.17) is 14.3 Å². The minimum absolute atomic E-state index is 0.216. The zero-order chi connectivity index (χ0) is 24.8. The van der Waals surface area contributed by atoms with E-state index < -0.39 is 0 Å². The lowest BCUT2D eigenvalue weighted by atomic mass is 9.90. The Morgan fingerprint density at radius 2 is 1.69 bits per heavy atom. The predicted molar refractivity (Wildman–Crippen MR) is 129 cm³/mol. The van der Waals surface area contributed by atoms with Crippen molar-refractivity contribution in [3.63, 3.8) is 0 Å². The van der Waals surface area contributed by atoms with Gasteiger partial charge in [-0.05, 0) is 53.4 Å². The number of anilines is 1. The van der Waals surface area contributed by atoms with Gasteiger partial charge in [-0.2, -0.15) is 9.59 Å². The molecule has 1 amide bonds. The summed E-state index contributed by atoms with van der Waals surface area (Å²) in [6.45, 7) is 5.33. The van der Waals surface area contributed by atoms with Crippen LogP contribution in [0.4, 0.5) is 14.9 Å². The van der Waals surface area contributed by atoms with Crippen molar-refractivity contribution in [3.05, 3.63) is 89.7 Å². The number of likely N-dealkylation sites (tertiary alicyclic amines) is 1. The molecule has 0 aromatic heterocycles. The Balaban J connectivity index is 0.000000917. The van der Waals surface area contributed by atoms with Gasteiger partial charge < -0.3 is 4.74 Å². The Bertz CT molecular complexity index is 1220. The minimum Gasteiger partial charge on any atom is -0.441 e. The molecule has 180 valence electrons. The maximum atomic E-state index is 13.6. The van der Waals surface area contributed by atoms with Gasteiger partial charge in [-0.25, -0.2) is 9.18 Å². The maximum Gasteiger partial charge on any atom is 0.415 e. The van der Waals surface area contributed by atoms with Crippen LogP contribution in [0.25, 0.3) is 11.1 Å². The molecule has 0 N–H and O–H groups in total. The first kappa shape index (κ1) is 24.3. The fourth-order valence-corrected chi connectivity index (χ4v) is 4.87. The number of aryl methyl sites for hydroxylation is 1. The van der Waals surface area contributed by atoms with E-state index in [2.05, 4.69) is 30.0 Å². The van der Waals surface area contributed by atoms with Crippen molar-refractivity contribution in [2.75, 3.05) is 24.5 Å². The number of halogens is 1. The fraction of sp³-hybridized carbons (Fsp3) is 0.286. The van der Waals surface area contributed by atoms with Crippen molar-refractivity contribution in [1.29, 1.82) is 0 Å². The molecule has 2 aliphatic heterocycles. The van der Waals surface area contributed by atoms with Gasteiger partial charge in [0, 0.05) is 38.2 Å². The highest BCUT2D eigenvalue weighted by atomic mass is 19.1. The molecule has 2 saturated heterocycles. The van der Waals surface area contributed by atoms with Crippen LogP contribution in [0.3, 0.4) is 0 Å². The van der Waals surface area contributed by atoms with Gasteiger partial charge in [0.25, 0.3) is 0 Å². The first-order chi connectivity index (χ1) is 16.9. The molecule has 2 fully saturated rings. The lowest BCUT2D eigenvalue weighted by Crippen LogP contribution is -2.46. The zero-order valence-electron chi connectivity index (χ0n) is 19.6. The molecule has 0 aliphatic carbocycles. The number of hydrogen-bond acceptors (Lipinski definition) is 5. The number of nitrogens with zero attached hydrogens (tertiary/aromatic N) is 2. The lowest BCUT2D eigenvalue weighted by Gasteiger charge is -2.37. The molecule has 7 heteroatoms. The number of carbonyl (C=O) groups is 1. The Morgan fingerprint density at radius 3 is 2.34 bits per heavy atom. The summed E-state index contributed by atoms with van der Waals surface area (Å²) in [7, 11) is 0. The van der Waals surface area contributed by atoms with Crippen LogP contribution in [0.5, 0.6) is 0 Å². The number of benzene rings is 3. The van der Waals surface area contributed by atoms with E-state index >= 15 is 0 Å². The van der Waals surface area contributed by atoms with Crippen molar-refractivity contribution in [1.82, 2.24) is 4.90 Å². The van der Waals surface area contributed by atoms with E-state index in [0.29, 0.717) is 6.54 Å². The van der Waals surface area contributed by atoms with Crippen LogP contribution in [0.2, 0.25) is 0 Å². The summed E-state index contributed by atoms with van der Waals surface area (Å²) in [5, 5.41) is 0. The van der Waals surface area contributed by atoms with E-state index in [1.54, 1.807) is 17.0 Å². The lowest BCUT2D eigenvalue weighted by molar-refractivity contribution is -0.191. The Hall–Kier alpha value is -3.80. The van der Waals surface area contributed by atoms with E-state index in [-0.39, 0.29) is 23.7 Å². The zero-order valence-corrected chi connectivity index (χ0v) is 19.6. The highest BCUT2D eigenvalue weighted by Gasteiger charge is 2.47. The molecule has 2 aliphatic rings. The van der Waals surface area contributed by atoms with Gasteiger partial charge in [-0.1, -0.05) is 48.5 Å². The minimum atomic E-state index is -0.388. The van der Waals surface area contributed by atoms with Gasteiger partial charge in [0.15, 0.2) is 0 Å².